The first-order valence-corrected chi connectivity index (χ1v) is 11.4. The quantitative estimate of drug-likeness (QED) is 0.446. The van der Waals surface area contributed by atoms with Crippen LogP contribution in [0.1, 0.15) is 11.1 Å². The zero-order valence-corrected chi connectivity index (χ0v) is 17.3. The van der Waals surface area contributed by atoms with Crippen molar-refractivity contribution >= 4 is 26.5 Å². The molecule has 1 heterocycles. The van der Waals surface area contributed by atoms with Crippen LogP contribution in [0.25, 0.3) is 10.8 Å². The molecule has 0 saturated carbocycles. The Morgan fingerprint density at radius 1 is 0.867 bits per heavy atom. The van der Waals surface area contributed by atoms with Crippen molar-refractivity contribution in [2.75, 3.05) is 26.2 Å². The predicted octanol–water partition coefficient (Wildman–Crippen LogP) is 3.40. The Kier molecular flexibility index (Phi) is 5.80. The van der Waals surface area contributed by atoms with Crippen LogP contribution in [0.3, 0.4) is 0 Å². The van der Waals surface area contributed by atoms with Gasteiger partial charge in [-0.3, -0.25) is 15.0 Å². The normalized spacial score (nSPS) is 16.0. The summed E-state index contributed by atoms with van der Waals surface area (Å²) in [5.74, 6) is -0.145. The van der Waals surface area contributed by atoms with Gasteiger partial charge in [-0.25, -0.2) is 8.42 Å². The highest BCUT2D eigenvalue weighted by atomic mass is 32.2. The minimum Gasteiger partial charge on any atom is -0.296 e. The summed E-state index contributed by atoms with van der Waals surface area (Å²) in [6.07, 6.45) is 0. The average molecular weight is 426 g/mol. The average Bonchev–Trinajstić information content (AvgIpc) is 2.74. The smallest absolute Gasteiger partial charge is 0.269 e. The lowest BCUT2D eigenvalue weighted by atomic mass is 10.0. The van der Waals surface area contributed by atoms with E-state index in [0.717, 1.165) is 6.54 Å². The minimum absolute atomic E-state index is 0.0433. The molecule has 4 rings (SSSR count). The van der Waals surface area contributed by atoms with Crippen LogP contribution in [-0.2, 0) is 22.3 Å². The third-order valence-corrected chi connectivity index (χ3v) is 7.34. The second-order valence-corrected chi connectivity index (χ2v) is 9.46. The number of nitro benzene ring substituents is 1. The van der Waals surface area contributed by atoms with Crippen LogP contribution >= 0.6 is 0 Å². The molecule has 1 fully saturated rings. The molecule has 0 spiro atoms. The van der Waals surface area contributed by atoms with Gasteiger partial charge in [0.15, 0.2) is 0 Å². The number of sulfonamides is 1. The maximum atomic E-state index is 12.8. The summed E-state index contributed by atoms with van der Waals surface area (Å²) < 4.78 is 27.1. The number of piperazine rings is 1. The van der Waals surface area contributed by atoms with Gasteiger partial charge in [0.25, 0.3) is 5.69 Å². The summed E-state index contributed by atoms with van der Waals surface area (Å²) in [5.41, 5.74) is 1.76. The van der Waals surface area contributed by atoms with E-state index >= 15 is 0 Å². The number of hydrogen-bond donors (Lipinski definition) is 0. The summed E-state index contributed by atoms with van der Waals surface area (Å²) in [4.78, 5) is 12.5. The SMILES string of the molecule is O=[N+]([O-])c1ccc(CS(=O)(=O)N2CCN(Cc3cccc4ccccc34)CC2)cc1. The van der Waals surface area contributed by atoms with Crippen molar-refractivity contribution in [3.05, 3.63) is 88.0 Å². The van der Waals surface area contributed by atoms with E-state index in [4.69, 9.17) is 0 Å². The lowest BCUT2D eigenvalue weighted by molar-refractivity contribution is -0.384. The fourth-order valence-corrected chi connectivity index (χ4v) is 5.37. The maximum absolute atomic E-state index is 12.8. The van der Waals surface area contributed by atoms with Gasteiger partial charge in [0.2, 0.25) is 10.0 Å². The number of benzene rings is 3. The number of hydrogen-bond acceptors (Lipinski definition) is 5. The standard InChI is InChI=1S/C22H23N3O4S/c26-25(27)21-10-8-18(9-11-21)17-30(28,29)24-14-12-23(13-15-24)16-20-6-3-5-19-4-1-2-7-22(19)20/h1-11H,12-17H2. The fraction of sp³-hybridized carbons (Fsp3) is 0.273. The van der Waals surface area contributed by atoms with Crippen molar-refractivity contribution in [2.45, 2.75) is 12.3 Å². The third-order valence-electron chi connectivity index (χ3n) is 5.49. The second kappa shape index (κ2) is 8.51. The maximum Gasteiger partial charge on any atom is 0.269 e. The van der Waals surface area contributed by atoms with Crippen molar-refractivity contribution in [1.82, 2.24) is 9.21 Å². The summed E-state index contributed by atoms with van der Waals surface area (Å²) in [6, 6.07) is 20.3. The Bertz CT molecular complexity index is 1150. The van der Waals surface area contributed by atoms with E-state index in [1.165, 1.54) is 44.9 Å². The molecule has 0 radical (unpaired) electrons. The largest absolute Gasteiger partial charge is 0.296 e. The van der Waals surface area contributed by atoms with Crippen LogP contribution in [0.4, 0.5) is 5.69 Å². The fourth-order valence-electron chi connectivity index (χ4n) is 3.85. The van der Waals surface area contributed by atoms with Crippen molar-refractivity contribution in [3.63, 3.8) is 0 Å². The molecule has 1 saturated heterocycles. The van der Waals surface area contributed by atoms with Gasteiger partial charge in [0.05, 0.1) is 10.7 Å². The Hall–Kier alpha value is -2.81. The molecule has 3 aromatic rings. The van der Waals surface area contributed by atoms with Crippen LogP contribution in [0.5, 0.6) is 0 Å². The number of rotatable bonds is 6. The first-order valence-electron chi connectivity index (χ1n) is 9.82. The van der Waals surface area contributed by atoms with Crippen LogP contribution < -0.4 is 0 Å². The lowest BCUT2D eigenvalue weighted by Gasteiger charge is -2.34. The molecule has 0 N–H and O–H groups in total. The van der Waals surface area contributed by atoms with Gasteiger partial charge in [0.1, 0.15) is 0 Å². The van der Waals surface area contributed by atoms with Gasteiger partial charge in [-0.2, -0.15) is 4.31 Å². The van der Waals surface area contributed by atoms with E-state index in [2.05, 4.69) is 35.2 Å². The molecule has 0 bridgehead atoms. The molecule has 0 aliphatic carbocycles. The van der Waals surface area contributed by atoms with Gasteiger partial charge in [-0.05, 0) is 21.9 Å². The second-order valence-electron chi connectivity index (χ2n) is 7.49. The number of non-ortho nitro benzene ring substituents is 1. The number of fused-ring (bicyclic) bond motifs is 1. The van der Waals surface area contributed by atoms with E-state index in [-0.39, 0.29) is 11.4 Å². The Morgan fingerprint density at radius 2 is 1.53 bits per heavy atom. The van der Waals surface area contributed by atoms with Crippen LogP contribution in [0.15, 0.2) is 66.7 Å². The minimum atomic E-state index is -3.46. The van der Waals surface area contributed by atoms with Gasteiger partial charge in [-0.1, -0.05) is 54.6 Å². The zero-order valence-electron chi connectivity index (χ0n) is 16.5. The van der Waals surface area contributed by atoms with E-state index in [9.17, 15) is 18.5 Å². The molecule has 7 nitrogen and oxygen atoms in total. The molecule has 1 aliphatic rings. The topological polar surface area (TPSA) is 83.8 Å². The van der Waals surface area contributed by atoms with Crippen molar-refractivity contribution in [3.8, 4) is 0 Å². The summed E-state index contributed by atoms with van der Waals surface area (Å²) in [7, 11) is -3.46. The molecule has 0 unspecified atom stereocenters. The molecule has 0 aromatic heterocycles. The highest BCUT2D eigenvalue weighted by molar-refractivity contribution is 7.88. The van der Waals surface area contributed by atoms with Crippen LogP contribution in [0.2, 0.25) is 0 Å². The molecular formula is C22H23N3O4S. The van der Waals surface area contributed by atoms with E-state index < -0.39 is 14.9 Å². The molecule has 0 amide bonds. The van der Waals surface area contributed by atoms with Crippen LogP contribution in [0, 0.1) is 10.1 Å². The molecule has 30 heavy (non-hydrogen) atoms. The Labute approximate surface area is 175 Å². The van der Waals surface area contributed by atoms with Crippen LogP contribution in [-0.4, -0.2) is 48.7 Å². The van der Waals surface area contributed by atoms with Crippen molar-refractivity contribution in [1.29, 1.82) is 0 Å². The molecule has 0 atom stereocenters. The molecule has 8 heteroatoms. The van der Waals surface area contributed by atoms with Gasteiger partial charge >= 0.3 is 0 Å². The van der Waals surface area contributed by atoms with E-state index in [0.29, 0.717) is 31.7 Å². The summed E-state index contributed by atoms with van der Waals surface area (Å²) in [5, 5.41) is 13.2. The van der Waals surface area contributed by atoms with Crippen molar-refractivity contribution in [2.24, 2.45) is 0 Å². The molecule has 1 aliphatic heterocycles. The number of nitro groups is 1. The predicted molar refractivity (Wildman–Crippen MR) is 117 cm³/mol. The molecular weight excluding hydrogens is 402 g/mol. The van der Waals surface area contributed by atoms with E-state index in [1.54, 1.807) is 0 Å². The summed E-state index contributed by atoms with van der Waals surface area (Å²) >= 11 is 0. The summed E-state index contributed by atoms with van der Waals surface area (Å²) in [6.45, 7) is 3.02. The van der Waals surface area contributed by atoms with Crippen molar-refractivity contribution < 1.29 is 13.3 Å². The van der Waals surface area contributed by atoms with Gasteiger partial charge in [0, 0.05) is 44.9 Å². The van der Waals surface area contributed by atoms with E-state index in [1.807, 2.05) is 12.1 Å². The molecule has 3 aromatic carbocycles. The first-order chi connectivity index (χ1) is 14.4. The highest BCUT2D eigenvalue weighted by Crippen LogP contribution is 2.22. The number of nitrogens with zero attached hydrogens (tertiary/aromatic N) is 3. The Balaban J connectivity index is 1.38. The zero-order chi connectivity index (χ0) is 21.1. The monoisotopic (exact) mass is 425 g/mol. The van der Waals surface area contributed by atoms with Gasteiger partial charge < -0.3 is 0 Å². The van der Waals surface area contributed by atoms with Gasteiger partial charge in [-0.15, -0.1) is 0 Å². The lowest BCUT2D eigenvalue weighted by Crippen LogP contribution is -2.48. The highest BCUT2D eigenvalue weighted by Gasteiger charge is 2.27. The third kappa shape index (κ3) is 4.51. The Morgan fingerprint density at radius 3 is 2.23 bits per heavy atom. The first kappa shape index (κ1) is 20.5. The molecule has 156 valence electrons.